The molecule has 0 aliphatic heterocycles. The predicted molar refractivity (Wildman–Crippen MR) is 87.0 cm³/mol. The first-order chi connectivity index (χ1) is 9.77. The molecule has 0 bridgehead atoms. The van der Waals surface area contributed by atoms with Gasteiger partial charge in [-0.25, -0.2) is 0 Å². The highest BCUT2D eigenvalue weighted by molar-refractivity contribution is 5.66. The van der Waals surface area contributed by atoms with E-state index in [9.17, 15) is 4.79 Å². The van der Waals surface area contributed by atoms with Crippen LogP contribution in [0, 0.1) is 0 Å². The van der Waals surface area contributed by atoms with Gasteiger partial charge in [-0.15, -0.1) is 0 Å². The van der Waals surface area contributed by atoms with Gasteiger partial charge in [0.2, 0.25) is 0 Å². The van der Waals surface area contributed by atoms with Crippen LogP contribution in [0.3, 0.4) is 0 Å². The average molecular weight is 280 g/mol. The minimum absolute atomic E-state index is 0.321. The molecule has 0 saturated carbocycles. The lowest BCUT2D eigenvalue weighted by Gasteiger charge is -1.97. The van der Waals surface area contributed by atoms with E-state index in [2.05, 4.69) is 31.2 Å². The summed E-state index contributed by atoms with van der Waals surface area (Å²) in [6, 6.07) is 0. The molecule has 116 valence electrons. The van der Waals surface area contributed by atoms with Crippen molar-refractivity contribution >= 4 is 5.97 Å². The van der Waals surface area contributed by atoms with Crippen LogP contribution in [0.15, 0.2) is 24.3 Å². The Kier molecular flexibility index (Phi) is 15.2. The Balaban J connectivity index is 3.16. The molecule has 0 aliphatic carbocycles. The van der Waals surface area contributed by atoms with E-state index in [1.807, 2.05) is 0 Å². The van der Waals surface area contributed by atoms with Crippen LogP contribution in [-0.2, 0) is 4.79 Å². The minimum atomic E-state index is -0.673. The average Bonchev–Trinajstić information content (AvgIpc) is 2.43. The fraction of sp³-hybridized carbons (Fsp3) is 0.722. The van der Waals surface area contributed by atoms with E-state index < -0.39 is 5.97 Å². The van der Waals surface area contributed by atoms with Crippen LogP contribution < -0.4 is 0 Å². The highest BCUT2D eigenvalue weighted by Gasteiger charge is 1.95. The summed E-state index contributed by atoms with van der Waals surface area (Å²) < 4.78 is 0. The van der Waals surface area contributed by atoms with Gasteiger partial charge in [-0.3, -0.25) is 4.79 Å². The molecule has 0 aromatic heterocycles. The number of carboxylic acid groups (broad SMARTS) is 1. The Hall–Kier alpha value is -1.05. The van der Waals surface area contributed by atoms with E-state index >= 15 is 0 Å². The van der Waals surface area contributed by atoms with Gasteiger partial charge >= 0.3 is 5.97 Å². The third-order valence-electron chi connectivity index (χ3n) is 3.31. The summed E-state index contributed by atoms with van der Waals surface area (Å²) in [6.07, 6.45) is 22.3. The van der Waals surface area contributed by atoms with Crippen molar-refractivity contribution in [1.29, 1.82) is 0 Å². The smallest absolute Gasteiger partial charge is 0.303 e. The van der Waals surface area contributed by atoms with Crippen LogP contribution in [-0.4, -0.2) is 11.1 Å². The topological polar surface area (TPSA) is 37.3 Å². The van der Waals surface area contributed by atoms with E-state index in [4.69, 9.17) is 5.11 Å². The predicted octanol–water partition coefficient (Wildman–Crippen LogP) is 5.88. The summed E-state index contributed by atoms with van der Waals surface area (Å²) in [4.78, 5) is 10.3. The lowest BCUT2D eigenvalue weighted by Crippen LogP contribution is -1.93. The van der Waals surface area contributed by atoms with E-state index in [1.165, 1.54) is 44.9 Å². The van der Waals surface area contributed by atoms with Gasteiger partial charge in [0.1, 0.15) is 0 Å². The summed E-state index contributed by atoms with van der Waals surface area (Å²) in [5.74, 6) is -0.673. The Morgan fingerprint density at radius 1 is 0.750 bits per heavy atom. The van der Waals surface area contributed by atoms with Crippen LogP contribution in [0.5, 0.6) is 0 Å². The molecule has 0 unspecified atom stereocenters. The largest absolute Gasteiger partial charge is 0.481 e. The van der Waals surface area contributed by atoms with Crippen molar-refractivity contribution in [2.45, 2.75) is 84.0 Å². The number of hydrogen-bond acceptors (Lipinski definition) is 1. The quantitative estimate of drug-likeness (QED) is 0.318. The summed E-state index contributed by atoms with van der Waals surface area (Å²) in [7, 11) is 0. The maximum absolute atomic E-state index is 10.3. The number of carbonyl (C=O) groups is 1. The standard InChI is InChI=1S/C18H32O2/c1-2-3-4-5-6-7-8-9-10-11-12-13-14-15-16-17-18(19)20/h5-6,10-11H,2-4,7-9,12-17H2,1H3,(H,19,20)/b6-5?,11-10+. The summed E-state index contributed by atoms with van der Waals surface area (Å²) in [5.41, 5.74) is 0. The third kappa shape index (κ3) is 16.9. The van der Waals surface area contributed by atoms with Crippen LogP contribution in [0.4, 0.5) is 0 Å². The summed E-state index contributed by atoms with van der Waals surface area (Å²) in [5, 5.41) is 8.50. The number of aliphatic carboxylic acids is 1. The fourth-order valence-corrected chi connectivity index (χ4v) is 2.04. The molecule has 0 amide bonds. The van der Waals surface area contributed by atoms with Crippen molar-refractivity contribution in [2.75, 3.05) is 0 Å². The highest BCUT2D eigenvalue weighted by Crippen LogP contribution is 2.07. The van der Waals surface area contributed by atoms with Crippen molar-refractivity contribution in [1.82, 2.24) is 0 Å². The second kappa shape index (κ2) is 16.0. The maximum atomic E-state index is 10.3. The van der Waals surface area contributed by atoms with Gasteiger partial charge in [0.15, 0.2) is 0 Å². The number of allylic oxidation sites excluding steroid dienone is 4. The van der Waals surface area contributed by atoms with Crippen molar-refractivity contribution in [3.05, 3.63) is 24.3 Å². The first-order valence-corrected chi connectivity index (χ1v) is 8.29. The molecule has 0 aliphatic rings. The van der Waals surface area contributed by atoms with Crippen LogP contribution in [0.25, 0.3) is 0 Å². The van der Waals surface area contributed by atoms with Crippen LogP contribution >= 0.6 is 0 Å². The van der Waals surface area contributed by atoms with E-state index in [0.29, 0.717) is 6.42 Å². The van der Waals surface area contributed by atoms with E-state index in [1.54, 1.807) is 0 Å². The monoisotopic (exact) mass is 280 g/mol. The highest BCUT2D eigenvalue weighted by atomic mass is 16.4. The van der Waals surface area contributed by atoms with Gasteiger partial charge in [0.25, 0.3) is 0 Å². The van der Waals surface area contributed by atoms with E-state index in [0.717, 1.165) is 25.7 Å². The molecular formula is C18H32O2. The second-order valence-electron chi connectivity index (χ2n) is 5.36. The molecule has 20 heavy (non-hydrogen) atoms. The maximum Gasteiger partial charge on any atom is 0.303 e. The van der Waals surface area contributed by atoms with Crippen LogP contribution in [0.1, 0.15) is 84.0 Å². The lowest BCUT2D eigenvalue weighted by molar-refractivity contribution is -0.137. The zero-order valence-corrected chi connectivity index (χ0v) is 13.2. The van der Waals surface area contributed by atoms with Crippen molar-refractivity contribution < 1.29 is 9.90 Å². The Morgan fingerprint density at radius 3 is 1.80 bits per heavy atom. The lowest BCUT2D eigenvalue weighted by atomic mass is 10.1. The number of rotatable bonds is 14. The molecular weight excluding hydrogens is 248 g/mol. The molecule has 0 fully saturated rings. The molecule has 2 nitrogen and oxygen atoms in total. The van der Waals surface area contributed by atoms with Gasteiger partial charge in [-0.05, 0) is 44.9 Å². The first kappa shape index (κ1) is 18.9. The van der Waals surface area contributed by atoms with Gasteiger partial charge in [-0.2, -0.15) is 0 Å². The number of unbranched alkanes of at least 4 members (excludes halogenated alkanes) is 8. The summed E-state index contributed by atoms with van der Waals surface area (Å²) in [6.45, 7) is 2.23. The second-order valence-corrected chi connectivity index (χ2v) is 5.36. The molecule has 0 aromatic rings. The summed E-state index contributed by atoms with van der Waals surface area (Å²) >= 11 is 0. The Labute approximate surface area is 125 Å². The van der Waals surface area contributed by atoms with Gasteiger partial charge in [-0.1, -0.05) is 56.9 Å². The van der Waals surface area contributed by atoms with Crippen LogP contribution in [0.2, 0.25) is 0 Å². The number of carboxylic acids is 1. The Morgan fingerprint density at radius 2 is 1.25 bits per heavy atom. The molecule has 0 spiro atoms. The Bertz CT molecular complexity index is 267. The molecule has 1 N–H and O–H groups in total. The van der Waals surface area contributed by atoms with Crippen molar-refractivity contribution in [2.24, 2.45) is 0 Å². The fourth-order valence-electron chi connectivity index (χ4n) is 2.04. The van der Waals surface area contributed by atoms with Crippen molar-refractivity contribution in [3.63, 3.8) is 0 Å². The zero-order valence-electron chi connectivity index (χ0n) is 13.2. The third-order valence-corrected chi connectivity index (χ3v) is 3.31. The first-order valence-electron chi connectivity index (χ1n) is 8.29. The normalized spacial score (nSPS) is 11.7. The number of hydrogen-bond donors (Lipinski definition) is 1. The molecule has 0 radical (unpaired) electrons. The molecule has 0 atom stereocenters. The minimum Gasteiger partial charge on any atom is -0.481 e. The van der Waals surface area contributed by atoms with E-state index in [-0.39, 0.29) is 0 Å². The SMILES string of the molecule is CCCCC=CCCC/C=C/CCCCCCC(=O)O. The van der Waals surface area contributed by atoms with Gasteiger partial charge < -0.3 is 5.11 Å². The van der Waals surface area contributed by atoms with Crippen molar-refractivity contribution in [3.8, 4) is 0 Å². The molecule has 0 rings (SSSR count). The molecule has 0 aromatic carbocycles. The molecule has 0 saturated heterocycles. The van der Waals surface area contributed by atoms with Gasteiger partial charge in [0.05, 0.1) is 0 Å². The molecule has 2 heteroatoms. The zero-order chi connectivity index (χ0) is 14.9. The van der Waals surface area contributed by atoms with Gasteiger partial charge in [0, 0.05) is 6.42 Å². The molecule has 0 heterocycles.